The van der Waals surface area contributed by atoms with Gasteiger partial charge in [0.25, 0.3) is 0 Å². The Morgan fingerprint density at radius 3 is 2.44 bits per heavy atom. The summed E-state index contributed by atoms with van der Waals surface area (Å²) in [7, 11) is -2.87. The summed E-state index contributed by atoms with van der Waals surface area (Å²) >= 11 is 0. The molecule has 1 amide bonds. The van der Waals surface area contributed by atoms with Crippen LogP contribution in [0.3, 0.4) is 0 Å². The highest BCUT2D eigenvalue weighted by Gasteiger charge is 2.29. The van der Waals surface area contributed by atoms with E-state index in [0.717, 1.165) is 18.2 Å². The summed E-state index contributed by atoms with van der Waals surface area (Å²) in [4.78, 5) is 12.8. The minimum atomic E-state index is -4.20. The lowest BCUT2D eigenvalue weighted by molar-refractivity contribution is -0.117. The van der Waals surface area contributed by atoms with E-state index in [1.165, 1.54) is 19.2 Å². The van der Waals surface area contributed by atoms with Gasteiger partial charge in [0.05, 0.1) is 12.8 Å². The molecule has 0 radical (unpaired) electrons. The van der Waals surface area contributed by atoms with Gasteiger partial charge in [0, 0.05) is 6.07 Å². The van der Waals surface area contributed by atoms with Gasteiger partial charge in [-0.25, -0.2) is 17.2 Å². The number of carbonyl (C=O) groups excluding carboxylic acids is 1. The van der Waals surface area contributed by atoms with Crippen LogP contribution in [0, 0.1) is 18.6 Å². The van der Waals surface area contributed by atoms with Crippen LogP contribution in [0.1, 0.15) is 11.1 Å². The predicted molar refractivity (Wildman–Crippen MR) is 117 cm³/mol. The van der Waals surface area contributed by atoms with Crippen molar-refractivity contribution in [2.24, 2.45) is 0 Å². The molecule has 9 heteroatoms. The molecule has 2 N–H and O–H groups in total. The van der Waals surface area contributed by atoms with E-state index in [0.29, 0.717) is 11.1 Å². The second-order valence-corrected chi connectivity index (χ2v) is 8.81. The molecule has 0 saturated heterocycles. The molecule has 0 bridgehead atoms. The highest BCUT2D eigenvalue weighted by Crippen LogP contribution is 2.25. The quantitative estimate of drug-likeness (QED) is 0.536. The van der Waals surface area contributed by atoms with Gasteiger partial charge in [-0.05, 0) is 48.7 Å². The van der Waals surface area contributed by atoms with Crippen molar-refractivity contribution in [3.05, 3.63) is 89.5 Å². The van der Waals surface area contributed by atoms with Gasteiger partial charge in [0.2, 0.25) is 15.9 Å². The van der Waals surface area contributed by atoms with Crippen LogP contribution in [0.2, 0.25) is 0 Å². The van der Waals surface area contributed by atoms with Crippen molar-refractivity contribution in [2.45, 2.75) is 24.3 Å². The van der Waals surface area contributed by atoms with Gasteiger partial charge in [0.15, 0.2) is 0 Å². The number of hydrogen-bond acceptors (Lipinski definition) is 4. The number of carbonyl (C=O) groups is 1. The summed E-state index contributed by atoms with van der Waals surface area (Å²) in [5.74, 6) is -2.32. The fraction of sp³-hybridized carbons (Fsp3) is 0.174. The summed E-state index contributed by atoms with van der Waals surface area (Å²) in [5.41, 5.74) is 0.962. The third kappa shape index (κ3) is 5.68. The molecule has 0 spiro atoms. The molecule has 0 aliphatic carbocycles. The number of sulfonamides is 1. The number of aryl methyl sites for hydroxylation is 1. The molecule has 0 unspecified atom stereocenters. The lowest BCUT2D eigenvalue weighted by Gasteiger charge is -2.20. The first-order chi connectivity index (χ1) is 15.2. The summed E-state index contributed by atoms with van der Waals surface area (Å²) in [5, 5.41) is 2.27. The SMILES string of the molecule is COc1ccc(C)cc1S(=O)(=O)N[C@H](Cc1ccccc1)C(=O)Nc1cc(F)ccc1F. The Balaban J connectivity index is 1.95. The highest BCUT2D eigenvalue weighted by molar-refractivity contribution is 7.89. The van der Waals surface area contributed by atoms with Gasteiger partial charge >= 0.3 is 0 Å². The Morgan fingerprint density at radius 2 is 1.75 bits per heavy atom. The van der Waals surface area contributed by atoms with E-state index in [2.05, 4.69) is 10.0 Å². The first-order valence-corrected chi connectivity index (χ1v) is 11.1. The van der Waals surface area contributed by atoms with Crippen LogP contribution in [0.5, 0.6) is 5.75 Å². The third-order valence-corrected chi connectivity index (χ3v) is 6.18. The molecule has 3 aromatic rings. The molecule has 0 aromatic heterocycles. The fourth-order valence-electron chi connectivity index (χ4n) is 3.10. The summed E-state index contributed by atoms with van der Waals surface area (Å²) < 4.78 is 61.4. The largest absolute Gasteiger partial charge is 0.495 e. The number of benzene rings is 3. The number of methoxy groups -OCH3 is 1. The number of hydrogen-bond donors (Lipinski definition) is 2. The zero-order valence-corrected chi connectivity index (χ0v) is 18.2. The average molecular weight is 461 g/mol. The minimum absolute atomic E-state index is 0.0169. The Morgan fingerprint density at radius 1 is 1.03 bits per heavy atom. The van der Waals surface area contributed by atoms with E-state index >= 15 is 0 Å². The highest BCUT2D eigenvalue weighted by atomic mass is 32.2. The standard InChI is InChI=1S/C23H22F2N2O4S/c1-15-8-11-21(31-2)22(12-15)32(29,30)27-20(13-16-6-4-3-5-7-16)23(28)26-19-14-17(24)9-10-18(19)25/h3-12,14,20,27H,13H2,1-2H3,(H,26,28)/t20-/m1/s1. The molecule has 6 nitrogen and oxygen atoms in total. The van der Waals surface area contributed by atoms with Crippen molar-refractivity contribution < 1.29 is 26.7 Å². The maximum Gasteiger partial charge on any atom is 0.245 e. The summed E-state index contributed by atoms with van der Waals surface area (Å²) in [6.45, 7) is 1.72. The number of rotatable bonds is 8. The van der Waals surface area contributed by atoms with Crippen LogP contribution in [0.25, 0.3) is 0 Å². The summed E-state index contributed by atoms with van der Waals surface area (Å²) in [6.07, 6.45) is -0.0169. The molecule has 168 valence electrons. The second-order valence-electron chi connectivity index (χ2n) is 7.13. The van der Waals surface area contributed by atoms with Crippen LogP contribution in [0.15, 0.2) is 71.6 Å². The number of amides is 1. The van der Waals surface area contributed by atoms with E-state index in [1.54, 1.807) is 43.3 Å². The van der Waals surface area contributed by atoms with Gasteiger partial charge in [-0.2, -0.15) is 4.72 Å². The fourth-order valence-corrected chi connectivity index (χ4v) is 4.54. The number of halogens is 2. The molecule has 0 saturated carbocycles. The molecule has 0 aliphatic rings. The first kappa shape index (κ1) is 23.4. The van der Waals surface area contributed by atoms with Crippen molar-refractivity contribution in [1.29, 1.82) is 0 Å². The van der Waals surface area contributed by atoms with Crippen molar-refractivity contribution in [3.63, 3.8) is 0 Å². The number of ether oxygens (including phenoxy) is 1. The molecular formula is C23H22F2N2O4S. The van der Waals surface area contributed by atoms with E-state index in [9.17, 15) is 22.0 Å². The van der Waals surface area contributed by atoms with E-state index in [-0.39, 0.29) is 22.8 Å². The van der Waals surface area contributed by atoms with Crippen LogP contribution in [0.4, 0.5) is 14.5 Å². The first-order valence-electron chi connectivity index (χ1n) is 9.66. The lowest BCUT2D eigenvalue weighted by atomic mass is 10.1. The van der Waals surface area contributed by atoms with Gasteiger partial charge in [-0.15, -0.1) is 0 Å². The van der Waals surface area contributed by atoms with Crippen LogP contribution in [-0.4, -0.2) is 27.5 Å². The maximum absolute atomic E-state index is 14.0. The van der Waals surface area contributed by atoms with Gasteiger partial charge in [-0.3, -0.25) is 4.79 Å². The molecule has 0 heterocycles. The van der Waals surface area contributed by atoms with Crippen LogP contribution < -0.4 is 14.8 Å². The smallest absolute Gasteiger partial charge is 0.245 e. The van der Waals surface area contributed by atoms with Crippen LogP contribution >= 0.6 is 0 Å². The Labute approximate surface area is 185 Å². The number of anilines is 1. The molecule has 32 heavy (non-hydrogen) atoms. The van der Waals surface area contributed by atoms with E-state index in [1.807, 2.05) is 0 Å². The maximum atomic E-state index is 14.0. The average Bonchev–Trinajstić information content (AvgIpc) is 2.76. The zero-order valence-electron chi connectivity index (χ0n) is 17.4. The second kappa shape index (κ2) is 9.88. The normalized spacial score (nSPS) is 12.2. The molecule has 3 aromatic carbocycles. The molecule has 0 aliphatic heterocycles. The van der Waals surface area contributed by atoms with Gasteiger partial charge < -0.3 is 10.1 Å². The predicted octanol–water partition coefficient (Wildman–Crippen LogP) is 3.81. The van der Waals surface area contributed by atoms with E-state index < -0.39 is 33.6 Å². The van der Waals surface area contributed by atoms with E-state index in [4.69, 9.17) is 4.74 Å². The van der Waals surface area contributed by atoms with Crippen molar-refractivity contribution >= 4 is 21.6 Å². The molecule has 0 fully saturated rings. The summed E-state index contributed by atoms with van der Waals surface area (Å²) in [6, 6.07) is 14.7. The monoisotopic (exact) mass is 460 g/mol. The Kier molecular flexibility index (Phi) is 7.22. The minimum Gasteiger partial charge on any atom is -0.495 e. The molecular weight excluding hydrogens is 438 g/mol. The Hall–Kier alpha value is -3.30. The van der Waals surface area contributed by atoms with Crippen LogP contribution in [-0.2, 0) is 21.2 Å². The molecule has 3 rings (SSSR count). The van der Waals surface area contributed by atoms with Crippen molar-refractivity contribution in [3.8, 4) is 5.75 Å². The Bertz CT molecular complexity index is 1220. The van der Waals surface area contributed by atoms with Crippen molar-refractivity contribution in [1.82, 2.24) is 4.72 Å². The number of nitrogens with one attached hydrogen (secondary N) is 2. The lowest BCUT2D eigenvalue weighted by Crippen LogP contribution is -2.45. The van der Waals surface area contributed by atoms with Crippen molar-refractivity contribution in [2.75, 3.05) is 12.4 Å². The topological polar surface area (TPSA) is 84.5 Å². The zero-order chi connectivity index (χ0) is 23.3. The van der Waals surface area contributed by atoms with Gasteiger partial charge in [0.1, 0.15) is 28.3 Å². The molecule has 1 atom stereocenters. The van der Waals surface area contributed by atoms with Gasteiger partial charge in [-0.1, -0.05) is 36.4 Å². The third-order valence-electron chi connectivity index (χ3n) is 4.69.